The summed E-state index contributed by atoms with van der Waals surface area (Å²) in [5, 5.41) is 0. The Kier molecular flexibility index (Phi) is 4.17. The van der Waals surface area contributed by atoms with Gasteiger partial charge in [0.25, 0.3) is 0 Å². The normalized spacial score (nSPS) is 12.2. The third-order valence-electron chi connectivity index (χ3n) is 3.28. The van der Waals surface area contributed by atoms with Gasteiger partial charge in [0.2, 0.25) is 0 Å². The van der Waals surface area contributed by atoms with E-state index in [9.17, 15) is 4.39 Å². The van der Waals surface area contributed by atoms with Crippen molar-refractivity contribution in [1.29, 1.82) is 0 Å². The summed E-state index contributed by atoms with van der Waals surface area (Å²) >= 11 is 0. The molecule has 0 amide bonds. The molecule has 2 aromatic carbocycles. The minimum absolute atomic E-state index is 0.220. The number of aryl methyl sites for hydroxylation is 1. The molecule has 100 valence electrons. The van der Waals surface area contributed by atoms with E-state index >= 15 is 0 Å². The minimum atomic E-state index is -0.375. The van der Waals surface area contributed by atoms with Gasteiger partial charge in [0, 0.05) is 0 Å². The number of hydrogen-bond acceptors (Lipinski definition) is 2. The van der Waals surface area contributed by atoms with Gasteiger partial charge in [0.15, 0.2) is 11.6 Å². The first kappa shape index (κ1) is 13.6. The fraction of sp³-hybridized carbons (Fsp3) is 0.250. The van der Waals surface area contributed by atoms with Crippen LogP contribution < -0.4 is 10.5 Å². The molecule has 2 N–H and O–H groups in total. The minimum Gasteiger partial charge on any atom is -0.494 e. The number of rotatable bonds is 4. The van der Waals surface area contributed by atoms with Crippen molar-refractivity contribution in [3.63, 3.8) is 0 Å². The van der Waals surface area contributed by atoms with Crippen molar-refractivity contribution in [1.82, 2.24) is 0 Å². The highest BCUT2D eigenvalue weighted by atomic mass is 19.1. The second kappa shape index (κ2) is 5.85. The zero-order valence-corrected chi connectivity index (χ0v) is 11.2. The standard InChI is InChI=1S/C16H18FNO/c1-3-11-4-6-12(7-5-11)16(18)13-8-9-14(17)15(10-13)19-2/h4-10,16H,3,18H2,1-2H3. The molecule has 0 fully saturated rings. The lowest BCUT2D eigenvalue weighted by atomic mass is 9.98. The van der Waals surface area contributed by atoms with Gasteiger partial charge in [0.05, 0.1) is 13.2 Å². The van der Waals surface area contributed by atoms with Crippen LogP contribution >= 0.6 is 0 Å². The predicted octanol–water partition coefficient (Wildman–Crippen LogP) is 3.44. The van der Waals surface area contributed by atoms with E-state index < -0.39 is 0 Å². The molecule has 0 saturated carbocycles. The van der Waals surface area contributed by atoms with Crippen molar-refractivity contribution >= 4 is 0 Å². The van der Waals surface area contributed by atoms with Crippen LogP contribution in [0.5, 0.6) is 5.75 Å². The summed E-state index contributed by atoms with van der Waals surface area (Å²) < 4.78 is 18.3. The Hall–Kier alpha value is -1.87. The zero-order valence-electron chi connectivity index (χ0n) is 11.2. The van der Waals surface area contributed by atoms with Gasteiger partial charge in [-0.2, -0.15) is 0 Å². The Morgan fingerprint density at radius 2 is 1.74 bits per heavy atom. The molecular formula is C16H18FNO. The number of halogens is 1. The summed E-state index contributed by atoms with van der Waals surface area (Å²) in [5.41, 5.74) is 9.32. The third kappa shape index (κ3) is 2.93. The smallest absolute Gasteiger partial charge is 0.165 e. The van der Waals surface area contributed by atoms with E-state index in [1.54, 1.807) is 12.1 Å². The molecule has 0 radical (unpaired) electrons. The second-order valence-corrected chi connectivity index (χ2v) is 4.47. The van der Waals surface area contributed by atoms with Gasteiger partial charge >= 0.3 is 0 Å². The molecule has 2 nitrogen and oxygen atoms in total. The Morgan fingerprint density at radius 1 is 1.11 bits per heavy atom. The maximum absolute atomic E-state index is 13.4. The van der Waals surface area contributed by atoms with Crippen molar-refractivity contribution in [2.75, 3.05) is 7.11 Å². The molecule has 1 unspecified atom stereocenters. The largest absolute Gasteiger partial charge is 0.494 e. The Labute approximate surface area is 113 Å². The van der Waals surface area contributed by atoms with Crippen LogP contribution in [0.1, 0.15) is 29.7 Å². The van der Waals surface area contributed by atoms with E-state index in [0.29, 0.717) is 0 Å². The van der Waals surface area contributed by atoms with Crippen molar-refractivity contribution < 1.29 is 9.13 Å². The molecule has 0 aliphatic rings. The van der Waals surface area contributed by atoms with Crippen LogP contribution in [-0.4, -0.2) is 7.11 Å². The first-order valence-corrected chi connectivity index (χ1v) is 6.33. The summed E-state index contributed by atoms with van der Waals surface area (Å²) in [7, 11) is 1.45. The van der Waals surface area contributed by atoms with E-state index in [4.69, 9.17) is 10.5 Å². The fourth-order valence-corrected chi connectivity index (χ4v) is 2.02. The summed E-state index contributed by atoms with van der Waals surface area (Å²) in [4.78, 5) is 0. The van der Waals surface area contributed by atoms with Gasteiger partial charge in [-0.15, -0.1) is 0 Å². The van der Waals surface area contributed by atoms with E-state index in [0.717, 1.165) is 17.5 Å². The average Bonchev–Trinajstić information content (AvgIpc) is 2.47. The lowest BCUT2D eigenvalue weighted by molar-refractivity contribution is 0.385. The summed E-state index contributed by atoms with van der Waals surface area (Å²) in [5.74, 6) is -0.155. The quantitative estimate of drug-likeness (QED) is 0.912. The topological polar surface area (TPSA) is 35.2 Å². The molecule has 0 aromatic heterocycles. The number of ether oxygens (including phenoxy) is 1. The zero-order chi connectivity index (χ0) is 13.8. The highest BCUT2D eigenvalue weighted by molar-refractivity contribution is 5.38. The van der Waals surface area contributed by atoms with Crippen molar-refractivity contribution in [2.45, 2.75) is 19.4 Å². The molecule has 1 atom stereocenters. The molecule has 0 spiro atoms. The van der Waals surface area contributed by atoms with Crippen molar-refractivity contribution in [3.8, 4) is 5.75 Å². The van der Waals surface area contributed by atoms with Gasteiger partial charge < -0.3 is 10.5 Å². The van der Waals surface area contributed by atoms with Crippen LogP contribution in [0.25, 0.3) is 0 Å². The molecule has 0 saturated heterocycles. The van der Waals surface area contributed by atoms with Gasteiger partial charge in [-0.05, 0) is 35.2 Å². The molecule has 0 bridgehead atoms. The molecule has 19 heavy (non-hydrogen) atoms. The van der Waals surface area contributed by atoms with Crippen molar-refractivity contribution in [2.24, 2.45) is 5.73 Å². The highest BCUT2D eigenvalue weighted by Crippen LogP contribution is 2.25. The molecule has 0 aliphatic heterocycles. The first-order chi connectivity index (χ1) is 9.15. The van der Waals surface area contributed by atoms with Crippen LogP contribution in [0.15, 0.2) is 42.5 Å². The summed E-state index contributed by atoms with van der Waals surface area (Å²) in [6.07, 6.45) is 1.000. The number of hydrogen-bond donors (Lipinski definition) is 1. The maximum Gasteiger partial charge on any atom is 0.165 e. The summed E-state index contributed by atoms with van der Waals surface area (Å²) in [6.45, 7) is 2.11. The second-order valence-electron chi connectivity index (χ2n) is 4.47. The molecule has 2 aromatic rings. The average molecular weight is 259 g/mol. The highest BCUT2D eigenvalue weighted by Gasteiger charge is 2.12. The van der Waals surface area contributed by atoms with Gasteiger partial charge in [0.1, 0.15) is 0 Å². The number of benzene rings is 2. The lowest BCUT2D eigenvalue weighted by Crippen LogP contribution is -2.12. The predicted molar refractivity (Wildman–Crippen MR) is 74.8 cm³/mol. The Morgan fingerprint density at radius 3 is 2.32 bits per heavy atom. The maximum atomic E-state index is 13.4. The van der Waals surface area contributed by atoms with Gasteiger partial charge in [-0.1, -0.05) is 37.3 Å². The SMILES string of the molecule is CCc1ccc(C(N)c2ccc(F)c(OC)c2)cc1. The van der Waals surface area contributed by atoms with Crippen molar-refractivity contribution in [3.05, 3.63) is 65.0 Å². The lowest BCUT2D eigenvalue weighted by Gasteiger charge is -2.14. The fourth-order valence-electron chi connectivity index (χ4n) is 2.02. The van der Waals surface area contributed by atoms with Crippen LogP contribution in [0.3, 0.4) is 0 Å². The van der Waals surface area contributed by atoms with Gasteiger partial charge in [-0.25, -0.2) is 4.39 Å². The number of nitrogens with two attached hydrogens (primary N) is 1. The monoisotopic (exact) mass is 259 g/mol. The van der Waals surface area contributed by atoms with E-state index in [1.165, 1.54) is 18.7 Å². The van der Waals surface area contributed by atoms with Crippen LogP contribution in [-0.2, 0) is 6.42 Å². The van der Waals surface area contributed by atoms with E-state index in [1.807, 2.05) is 12.1 Å². The molecule has 0 heterocycles. The molecule has 2 rings (SSSR count). The molecule has 0 aliphatic carbocycles. The third-order valence-corrected chi connectivity index (χ3v) is 3.28. The van der Waals surface area contributed by atoms with Gasteiger partial charge in [-0.3, -0.25) is 0 Å². The first-order valence-electron chi connectivity index (χ1n) is 6.33. The number of methoxy groups -OCH3 is 1. The van der Waals surface area contributed by atoms with E-state index in [2.05, 4.69) is 19.1 Å². The van der Waals surface area contributed by atoms with Crippen LogP contribution in [0.4, 0.5) is 4.39 Å². The molecular weight excluding hydrogens is 241 g/mol. The summed E-state index contributed by atoms with van der Waals surface area (Å²) in [6, 6.07) is 12.6. The Bertz CT molecular complexity index is 551. The van der Waals surface area contributed by atoms with Crippen LogP contribution in [0, 0.1) is 5.82 Å². The van der Waals surface area contributed by atoms with E-state index in [-0.39, 0.29) is 17.6 Å². The molecule has 3 heteroatoms. The Balaban J connectivity index is 2.29. The van der Waals surface area contributed by atoms with Crippen LogP contribution in [0.2, 0.25) is 0 Å².